The molecule has 0 saturated heterocycles. The van der Waals surface area contributed by atoms with Crippen LogP contribution in [0.5, 0.6) is 0 Å². The summed E-state index contributed by atoms with van der Waals surface area (Å²) in [6.07, 6.45) is 6.38. The first kappa shape index (κ1) is 15.0. The molecule has 0 bridgehead atoms. The van der Waals surface area contributed by atoms with Crippen molar-refractivity contribution in [2.75, 3.05) is 6.54 Å². The minimum absolute atomic E-state index is 0.0179. The number of rotatable bonds is 7. The molecule has 3 N–H and O–H groups in total. The maximum absolute atomic E-state index is 11.1. The smallest absolute Gasteiger partial charge is 0.321 e. The summed E-state index contributed by atoms with van der Waals surface area (Å²) < 4.78 is 0. The lowest BCUT2D eigenvalue weighted by Crippen LogP contribution is -2.39. The van der Waals surface area contributed by atoms with Crippen molar-refractivity contribution in [1.82, 2.24) is 10.6 Å². The van der Waals surface area contributed by atoms with Crippen LogP contribution in [-0.4, -0.2) is 29.6 Å². The summed E-state index contributed by atoms with van der Waals surface area (Å²) in [5.41, 5.74) is 0. The third kappa shape index (κ3) is 10.3. The highest BCUT2D eigenvalue weighted by atomic mass is 16.4. The second kappa shape index (κ2) is 9.21. The van der Waals surface area contributed by atoms with E-state index >= 15 is 0 Å². The highest BCUT2D eigenvalue weighted by Crippen LogP contribution is 1.94. The van der Waals surface area contributed by atoms with Gasteiger partial charge in [-0.05, 0) is 12.8 Å². The molecule has 0 aliphatic heterocycles. The van der Waals surface area contributed by atoms with Gasteiger partial charge in [-0.1, -0.05) is 0 Å². The molecule has 6 heteroatoms. The molecule has 0 aromatic heterocycles. The van der Waals surface area contributed by atoms with Crippen molar-refractivity contribution in [2.45, 2.75) is 32.1 Å². The third-order valence-electron chi connectivity index (χ3n) is 1.83. The van der Waals surface area contributed by atoms with Gasteiger partial charge in [-0.15, -0.1) is 12.3 Å². The zero-order valence-corrected chi connectivity index (χ0v) is 9.49. The first-order valence-corrected chi connectivity index (χ1v) is 5.29. The molecule has 0 aliphatic rings. The van der Waals surface area contributed by atoms with Crippen LogP contribution in [0.4, 0.5) is 4.79 Å². The van der Waals surface area contributed by atoms with Gasteiger partial charge in [0.1, 0.15) is 0 Å². The molecule has 0 spiro atoms. The van der Waals surface area contributed by atoms with E-state index in [-0.39, 0.29) is 19.3 Å². The van der Waals surface area contributed by atoms with Gasteiger partial charge in [0, 0.05) is 25.8 Å². The van der Waals surface area contributed by atoms with Crippen LogP contribution in [0.15, 0.2) is 0 Å². The van der Waals surface area contributed by atoms with Gasteiger partial charge >= 0.3 is 12.0 Å². The number of carbonyl (C=O) groups is 3. The minimum Gasteiger partial charge on any atom is -0.481 e. The average Bonchev–Trinajstić information content (AvgIpc) is 2.23. The van der Waals surface area contributed by atoms with Gasteiger partial charge in [-0.25, -0.2) is 4.79 Å². The van der Waals surface area contributed by atoms with E-state index in [4.69, 9.17) is 11.5 Å². The number of carboxylic acids is 1. The van der Waals surface area contributed by atoms with Gasteiger partial charge in [0.25, 0.3) is 0 Å². The number of nitrogens with one attached hydrogen (secondary N) is 2. The molecule has 0 saturated carbocycles. The molecule has 94 valence electrons. The number of imide groups is 1. The fourth-order valence-electron chi connectivity index (χ4n) is 1.03. The monoisotopic (exact) mass is 240 g/mol. The van der Waals surface area contributed by atoms with Gasteiger partial charge in [0.15, 0.2) is 0 Å². The number of aliphatic carboxylic acids is 1. The summed E-state index contributed by atoms with van der Waals surface area (Å²) in [5.74, 6) is 0.979. The van der Waals surface area contributed by atoms with Crippen LogP contribution in [0.1, 0.15) is 32.1 Å². The highest BCUT2D eigenvalue weighted by Gasteiger charge is 2.07. The lowest BCUT2D eigenvalue weighted by molar-refractivity contribution is -0.137. The number of hydrogen-bond donors (Lipinski definition) is 3. The third-order valence-corrected chi connectivity index (χ3v) is 1.83. The van der Waals surface area contributed by atoms with Gasteiger partial charge in [-0.3, -0.25) is 14.9 Å². The normalized spacial score (nSPS) is 9.12. The van der Waals surface area contributed by atoms with Gasteiger partial charge in [-0.2, -0.15) is 0 Å². The Hall–Kier alpha value is -2.03. The minimum atomic E-state index is -0.962. The summed E-state index contributed by atoms with van der Waals surface area (Å²) in [7, 11) is 0. The van der Waals surface area contributed by atoms with E-state index in [1.807, 2.05) is 0 Å². The van der Waals surface area contributed by atoms with Crippen molar-refractivity contribution in [3.05, 3.63) is 0 Å². The zero-order chi connectivity index (χ0) is 13.1. The molecule has 6 nitrogen and oxygen atoms in total. The Kier molecular flexibility index (Phi) is 8.11. The molecule has 0 unspecified atom stereocenters. The number of terminal acetylenes is 1. The van der Waals surface area contributed by atoms with Crippen molar-refractivity contribution in [2.24, 2.45) is 0 Å². The molecule has 17 heavy (non-hydrogen) atoms. The predicted octanol–water partition coefficient (Wildman–Crippen LogP) is 0.480. The van der Waals surface area contributed by atoms with E-state index in [2.05, 4.69) is 16.6 Å². The Bertz CT molecular complexity index is 320. The van der Waals surface area contributed by atoms with Crippen molar-refractivity contribution in [3.63, 3.8) is 0 Å². The van der Waals surface area contributed by atoms with E-state index in [1.54, 1.807) is 0 Å². The quantitative estimate of drug-likeness (QED) is 0.445. The number of amides is 3. The van der Waals surface area contributed by atoms with Crippen LogP contribution in [0.3, 0.4) is 0 Å². The van der Waals surface area contributed by atoms with Crippen molar-refractivity contribution in [3.8, 4) is 12.3 Å². The Balaban J connectivity index is 3.56. The highest BCUT2D eigenvalue weighted by molar-refractivity contribution is 5.94. The van der Waals surface area contributed by atoms with Gasteiger partial charge in [0.05, 0.1) is 0 Å². The molecule has 0 atom stereocenters. The summed E-state index contributed by atoms with van der Waals surface area (Å²) >= 11 is 0. The van der Waals surface area contributed by atoms with E-state index in [0.717, 1.165) is 0 Å². The molecule has 0 aromatic rings. The summed E-state index contributed by atoms with van der Waals surface area (Å²) in [6, 6.07) is -0.581. The first-order chi connectivity index (χ1) is 8.06. The number of carbonyl (C=O) groups excluding carboxylic acids is 2. The molecule has 0 heterocycles. The van der Waals surface area contributed by atoms with Gasteiger partial charge < -0.3 is 10.4 Å². The van der Waals surface area contributed by atoms with Crippen LogP contribution in [0, 0.1) is 12.3 Å². The zero-order valence-electron chi connectivity index (χ0n) is 9.49. The Labute approximate surface area is 99.8 Å². The van der Waals surface area contributed by atoms with Crippen molar-refractivity contribution < 1.29 is 19.5 Å². The van der Waals surface area contributed by atoms with Crippen LogP contribution in [-0.2, 0) is 9.59 Å². The van der Waals surface area contributed by atoms with Crippen LogP contribution < -0.4 is 10.6 Å². The molecule has 0 radical (unpaired) electrons. The van der Waals surface area contributed by atoms with Crippen LogP contribution >= 0.6 is 0 Å². The number of carboxylic acid groups (broad SMARTS) is 1. The molecule has 0 aromatic carbocycles. The molecular formula is C11H16N2O4. The van der Waals surface area contributed by atoms with E-state index in [9.17, 15) is 14.4 Å². The van der Waals surface area contributed by atoms with Crippen LogP contribution in [0.25, 0.3) is 0 Å². The molecular weight excluding hydrogens is 224 g/mol. The molecule has 0 aliphatic carbocycles. The predicted molar refractivity (Wildman–Crippen MR) is 61.1 cm³/mol. The lowest BCUT2D eigenvalue weighted by Gasteiger charge is -2.05. The number of urea groups is 1. The fraction of sp³-hybridized carbons (Fsp3) is 0.545. The van der Waals surface area contributed by atoms with Crippen LogP contribution in [0.2, 0.25) is 0 Å². The Morgan fingerprint density at radius 1 is 1.18 bits per heavy atom. The SMILES string of the molecule is C#CCCCNC(=O)NC(=O)CCCC(=O)O. The number of unbranched alkanes of at least 4 members (excludes halogenated alkanes) is 1. The standard InChI is InChI=1S/C11H16N2O4/c1-2-3-4-8-12-11(17)13-9(14)6-5-7-10(15)16/h1H,3-8H2,(H,15,16)(H2,12,13,14,17). The van der Waals surface area contributed by atoms with E-state index in [1.165, 1.54) is 0 Å². The maximum atomic E-state index is 11.1. The topological polar surface area (TPSA) is 95.5 Å². The largest absolute Gasteiger partial charge is 0.481 e. The summed E-state index contributed by atoms with van der Waals surface area (Å²) in [5, 5.41) is 12.9. The lowest BCUT2D eigenvalue weighted by atomic mass is 10.2. The Morgan fingerprint density at radius 3 is 2.47 bits per heavy atom. The molecule has 0 rings (SSSR count). The second-order valence-electron chi connectivity index (χ2n) is 3.36. The average molecular weight is 240 g/mol. The summed E-state index contributed by atoms with van der Waals surface area (Å²) in [4.78, 5) is 32.4. The van der Waals surface area contributed by atoms with Crippen molar-refractivity contribution >= 4 is 17.9 Å². The van der Waals surface area contributed by atoms with Crippen molar-refractivity contribution in [1.29, 1.82) is 0 Å². The number of hydrogen-bond acceptors (Lipinski definition) is 3. The van der Waals surface area contributed by atoms with E-state index in [0.29, 0.717) is 19.4 Å². The first-order valence-electron chi connectivity index (χ1n) is 5.29. The fourth-order valence-corrected chi connectivity index (χ4v) is 1.03. The van der Waals surface area contributed by atoms with Gasteiger partial charge in [0.2, 0.25) is 5.91 Å². The Morgan fingerprint density at radius 2 is 1.88 bits per heavy atom. The van der Waals surface area contributed by atoms with E-state index < -0.39 is 17.9 Å². The second-order valence-corrected chi connectivity index (χ2v) is 3.36. The maximum Gasteiger partial charge on any atom is 0.321 e. The summed E-state index contributed by atoms with van der Waals surface area (Å²) in [6.45, 7) is 0.401. The molecule has 3 amide bonds. The molecule has 0 fully saturated rings.